The van der Waals surface area contributed by atoms with Crippen molar-refractivity contribution >= 4 is 50.8 Å². The van der Waals surface area contributed by atoms with Gasteiger partial charge in [-0.15, -0.1) is 0 Å². The van der Waals surface area contributed by atoms with Crippen LogP contribution in [0.2, 0.25) is 10.0 Å². The first-order chi connectivity index (χ1) is 9.47. The maximum absolute atomic E-state index is 9.00. The van der Waals surface area contributed by atoms with Gasteiger partial charge in [-0.2, -0.15) is 0 Å². The molecule has 2 aromatic carbocycles. The fourth-order valence-corrected chi connectivity index (χ4v) is 3.26. The van der Waals surface area contributed by atoms with Gasteiger partial charge in [0.1, 0.15) is 0 Å². The van der Waals surface area contributed by atoms with Gasteiger partial charge in [-0.25, -0.2) is 0 Å². The molecule has 0 unspecified atom stereocenters. The minimum Gasteiger partial charge on any atom is -0.481 e. The van der Waals surface area contributed by atoms with Gasteiger partial charge in [0.2, 0.25) is 0 Å². The molecule has 0 aliphatic heterocycles. The van der Waals surface area contributed by atoms with Gasteiger partial charge in [-0.05, 0) is 48.5 Å². The van der Waals surface area contributed by atoms with Crippen LogP contribution in [0.5, 0.6) is 0 Å². The van der Waals surface area contributed by atoms with Crippen LogP contribution in [0.4, 0.5) is 0 Å². The molecule has 0 saturated heterocycles. The van der Waals surface area contributed by atoms with Crippen molar-refractivity contribution in [3.8, 4) is 0 Å². The highest BCUT2D eigenvalue weighted by atomic mass is 35.5. The number of carbonyl (C=O) groups is 1. The highest BCUT2D eigenvalue weighted by Crippen LogP contribution is 2.37. The molecule has 106 valence electrons. The molecule has 0 saturated carbocycles. The predicted octanol–water partition coefficient (Wildman–Crippen LogP) is 5.88. The van der Waals surface area contributed by atoms with E-state index in [1.54, 1.807) is 21.6 Å². The third kappa shape index (κ3) is 7.70. The van der Waals surface area contributed by atoms with E-state index in [-0.39, 0.29) is 0 Å². The van der Waals surface area contributed by atoms with Gasteiger partial charge in [0.25, 0.3) is 5.97 Å². The molecule has 0 fully saturated rings. The largest absolute Gasteiger partial charge is 0.481 e. The van der Waals surface area contributed by atoms with Crippen molar-refractivity contribution in [1.29, 1.82) is 0 Å². The van der Waals surface area contributed by atoms with Crippen LogP contribution < -0.4 is 0 Å². The first-order valence-corrected chi connectivity index (χ1v) is 8.43. The normalized spacial score (nSPS) is 9.55. The molecule has 0 heterocycles. The molecule has 2 aromatic rings. The van der Waals surface area contributed by atoms with Crippen LogP contribution in [0.1, 0.15) is 6.92 Å². The van der Waals surface area contributed by atoms with Gasteiger partial charge in [0.05, 0.1) is 0 Å². The third-order valence-corrected chi connectivity index (χ3v) is 4.78. The summed E-state index contributed by atoms with van der Waals surface area (Å²) in [5.74, 6) is -0.833. The molecular formula is C14H12Cl2O2S2. The number of benzene rings is 2. The molecule has 0 aliphatic carbocycles. The molecule has 2 nitrogen and oxygen atoms in total. The summed E-state index contributed by atoms with van der Waals surface area (Å²) in [5, 5.41) is 8.95. The molecule has 1 N–H and O–H groups in total. The highest BCUT2D eigenvalue weighted by Gasteiger charge is 1.97. The molecule has 0 amide bonds. The molecule has 20 heavy (non-hydrogen) atoms. The van der Waals surface area contributed by atoms with Gasteiger partial charge >= 0.3 is 0 Å². The van der Waals surface area contributed by atoms with E-state index in [1.165, 1.54) is 9.79 Å². The zero-order valence-electron chi connectivity index (χ0n) is 10.5. The van der Waals surface area contributed by atoms with E-state index in [0.29, 0.717) is 0 Å². The fourth-order valence-electron chi connectivity index (χ4n) is 1.08. The van der Waals surface area contributed by atoms with Crippen molar-refractivity contribution in [3.63, 3.8) is 0 Å². The lowest BCUT2D eigenvalue weighted by molar-refractivity contribution is -0.134. The Kier molecular flexibility index (Phi) is 7.92. The Labute approximate surface area is 135 Å². The van der Waals surface area contributed by atoms with E-state index in [0.717, 1.165) is 17.0 Å². The Morgan fingerprint density at radius 2 is 1.10 bits per heavy atom. The van der Waals surface area contributed by atoms with Crippen LogP contribution in [-0.4, -0.2) is 11.1 Å². The van der Waals surface area contributed by atoms with Gasteiger partial charge in [0.15, 0.2) is 0 Å². The standard InChI is InChI=1S/C12H8Cl2S2.C2H4O2/c13-9-1-5-11(6-2-9)15-16-12-7-3-10(14)4-8-12;1-2(3)4/h1-8H;1H3,(H,3,4). The summed E-state index contributed by atoms with van der Waals surface area (Å²) in [6, 6.07) is 15.6. The summed E-state index contributed by atoms with van der Waals surface area (Å²) >= 11 is 11.6. The quantitative estimate of drug-likeness (QED) is 0.703. The summed E-state index contributed by atoms with van der Waals surface area (Å²) in [7, 11) is 3.41. The van der Waals surface area contributed by atoms with Crippen LogP contribution in [-0.2, 0) is 4.79 Å². The Morgan fingerprint density at radius 3 is 1.35 bits per heavy atom. The molecule has 6 heteroatoms. The average Bonchev–Trinajstić information content (AvgIpc) is 2.39. The fraction of sp³-hybridized carbons (Fsp3) is 0.0714. The second-order valence-corrected chi connectivity index (χ2v) is 6.74. The Hall–Kier alpha value is -0.810. The highest BCUT2D eigenvalue weighted by molar-refractivity contribution is 8.76. The monoisotopic (exact) mass is 346 g/mol. The number of hydrogen-bond acceptors (Lipinski definition) is 3. The number of hydrogen-bond donors (Lipinski definition) is 1. The topological polar surface area (TPSA) is 37.3 Å². The Morgan fingerprint density at radius 1 is 0.850 bits per heavy atom. The Balaban J connectivity index is 0.000000444. The summed E-state index contributed by atoms with van der Waals surface area (Å²) in [5.41, 5.74) is 0. The number of aliphatic carboxylic acids is 1. The first-order valence-electron chi connectivity index (χ1n) is 5.52. The molecule has 0 aromatic heterocycles. The maximum atomic E-state index is 9.00. The summed E-state index contributed by atoms with van der Waals surface area (Å²) in [6.45, 7) is 1.08. The summed E-state index contributed by atoms with van der Waals surface area (Å²) in [6.07, 6.45) is 0. The van der Waals surface area contributed by atoms with E-state index in [2.05, 4.69) is 0 Å². The first kappa shape index (κ1) is 17.2. The SMILES string of the molecule is CC(=O)O.Clc1ccc(SSc2ccc(Cl)cc2)cc1. The van der Waals surface area contributed by atoms with Crippen LogP contribution >= 0.6 is 44.8 Å². The number of carboxylic acids is 1. The van der Waals surface area contributed by atoms with Gasteiger partial charge in [-0.3, -0.25) is 4.79 Å². The van der Waals surface area contributed by atoms with Crippen molar-refractivity contribution in [2.24, 2.45) is 0 Å². The molecule has 2 rings (SSSR count). The third-order valence-electron chi connectivity index (χ3n) is 1.86. The molecule has 0 atom stereocenters. The van der Waals surface area contributed by atoms with E-state index in [4.69, 9.17) is 33.1 Å². The van der Waals surface area contributed by atoms with Gasteiger partial charge in [0, 0.05) is 26.8 Å². The minimum absolute atomic E-state index is 0.765. The van der Waals surface area contributed by atoms with E-state index < -0.39 is 5.97 Å². The van der Waals surface area contributed by atoms with Crippen molar-refractivity contribution in [2.75, 3.05) is 0 Å². The van der Waals surface area contributed by atoms with Gasteiger partial charge < -0.3 is 5.11 Å². The minimum atomic E-state index is -0.833. The zero-order valence-corrected chi connectivity index (χ0v) is 13.7. The van der Waals surface area contributed by atoms with Crippen LogP contribution in [0, 0.1) is 0 Å². The summed E-state index contributed by atoms with van der Waals surface area (Å²) < 4.78 is 0. The second kappa shape index (κ2) is 9.19. The van der Waals surface area contributed by atoms with Crippen molar-refractivity contribution in [3.05, 3.63) is 58.6 Å². The lowest BCUT2D eigenvalue weighted by Crippen LogP contribution is -1.78. The smallest absolute Gasteiger partial charge is 0.300 e. The second-order valence-electron chi connectivity index (χ2n) is 3.59. The van der Waals surface area contributed by atoms with Crippen molar-refractivity contribution in [2.45, 2.75) is 16.7 Å². The molecular weight excluding hydrogens is 335 g/mol. The van der Waals surface area contributed by atoms with Crippen LogP contribution in [0.15, 0.2) is 58.3 Å². The molecule has 0 aliphatic rings. The zero-order chi connectivity index (χ0) is 15.0. The van der Waals surface area contributed by atoms with E-state index in [1.807, 2.05) is 48.5 Å². The van der Waals surface area contributed by atoms with Crippen molar-refractivity contribution < 1.29 is 9.90 Å². The average molecular weight is 347 g/mol. The number of carboxylic acid groups (broad SMARTS) is 1. The van der Waals surface area contributed by atoms with E-state index >= 15 is 0 Å². The maximum Gasteiger partial charge on any atom is 0.300 e. The number of halogens is 2. The molecule has 0 bridgehead atoms. The number of rotatable bonds is 3. The van der Waals surface area contributed by atoms with Crippen LogP contribution in [0.3, 0.4) is 0 Å². The van der Waals surface area contributed by atoms with Crippen LogP contribution in [0.25, 0.3) is 0 Å². The lowest BCUT2D eigenvalue weighted by Gasteiger charge is -2.01. The molecule has 0 spiro atoms. The molecule has 0 radical (unpaired) electrons. The lowest BCUT2D eigenvalue weighted by atomic mass is 10.4. The Bertz CT molecular complexity index is 493. The van der Waals surface area contributed by atoms with E-state index in [9.17, 15) is 0 Å². The van der Waals surface area contributed by atoms with Crippen molar-refractivity contribution in [1.82, 2.24) is 0 Å². The van der Waals surface area contributed by atoms with Gasteiger partial charge in [-0.1, -0.05) is 44.8 Å². The predicted molar refractivity (Wildman–Crippen MR) is 87.9 cm³/mol. The summed E-state index contributed by atoms with van der Waals surface area (Å²) in [4.78, 5) is 11.4.